The summed E-state index contributed by atoms with van der Waals surface area (Å²) in [6, 6.07) is 13.1. The third-order valence-corrected chi connectivity index (χ3v) is 7.01. The summed E-state index contributed by atoms with van der Waals surface area (Å²) in [6.45, 7) is 1.38. The van der Waals surface area contributed by atoms with Crippen LogP contribution in [-0.2, 0) is 6.42 Å². The molecule has 36 heavy (non-hydrogen) atoms. The number of hydrogen-bond donors (Lipinski definition) is 2. The second-order valence-corrected chi connectivity index (χ2v) is 9.52. The summed E-state index contributed by atoms with van der Waals surface area (Å²) in [4.78, 5) is 1.79. The Morgan fingerprint density at radius 3 is 2.72 bits per heavy atom. The average molecular weight is 505 g/mol. The second kappa shape index (κ2) is 11.7. The van der Waals surface area contributed by atoms with Gasteiger partial charge in [0.25, 0.3) is 5.92 Å². The summed E-state index contributed by atoms with van der Waals surface area (Å²) in [7, 11) is 1.58. The molecule has 1 aliphatic heterocycles. The monoisotopic (exact) mass is 504 g/mol. The molecule has 2 aromatic rings. The van der Waals surface area contributed by atoms with Crippen molar-refractivity contribution in [3.63, 3.8) is 0 Å². The van der Waals surface area contributed by atoms with Gasteiger partial charge in [-0.05, 0) is 73.2 Å². The summed E-state index contributed by atoms with van der Waals surface area (Å²) in [6.07, 6.45) is 1.80. The fourth-order valence-electron chi connectivity index (χ4n) is 5.33. The molecule has 4 rings (SSSR count). The number of nitrogens with one attached hydrogen (secondary N) is 1. The topological polar surface area (TPSA) is 54.0 Å². The molecule has 0 saturated carbocycles. The van der Waals surface area contributed by atoms with Crippen molar-refractivity contribution in [2.75, 3.05) is 46.6 Å². The molecule has 8 heteroatoms. The number of fused-ring (bicyclic) bond motifs is 2. The van der Waals surface area contributed by atoms with Crippen molar-refractivity contribution in [1.82, 2.24) is 10.2 Å². The van der Waals surface area contributed by atoms with Crippen molar-refractivity contribution in [3.8, 4) is 11.5 Å². The molecule has 0 unspecified atom stereocenters. The van der Waals surface area contributed by atoms with E-state index in [1.165, 1.54) is 16.7 Å². The lowest BCUT2D eigenvalue weighted by molar-refractivity contribution is -0.0858. The van der Waals surface area contributed by atoms with E-state index >= 15 is 0 Å². The molecule has 0 spiro atoms. The van der Waals surface area contributed by atoms with Gasteiger partial charge in [0.2, 0.25) is 0 Å². The first-order chi connectivity index (χ1) is 17.4. The van der Waals surface area contributed by atoms with Crippen LogP contribution in [0, 0.1) is 0 Å². The number of aliphatic hydroxyl groups excluding tert-OH is 1. The lowest BCUT2D eigenvalue weighted by Gasteiger charge is -2.43. The van der Waals surface area contributed by atoms with Crippen molar-refractivity contribution in [1.29, 1.82) is 0 Å². The first-order valence-electron chi connectivity index (χ1n) is 12.5. The molecule has 0 bridgehead atoms. The Morgan fingerprint density at radius 2 is 1.97 bits per heavy atom. The Hall–Kier alpha value is -2.55. The largest absolute Gasteiger partial charge is 0.496 e. The van der Waals surface area contributed by atoms with Gasteiger partial charge in [0.1, 0.15) is 24.7 Å². The van der Waals surface area contributed by atoms with E-state index in [4.69, 9.17) is 9.47 Å². The van der Waals surface area contributed by atoms with Crippen LogP contribution in [-0.4, -0.2) is 68.6 Å². The van der Waals surface area contributed by atoms with Crippen molar-refractivity contribution in [3.05, 3.63) is 64.7 Å². The van der Waals surface area contributed by atoms with Crippen molar-refractivity contribution in [2.45, 2.75) is 44.2 Å². The lowest BCUT2D eigenvalue weighted by atomic mass is 9.84. The zero-order valence-corrected chi connectivity index (χ0v) is 20.9. The van der Waals surface area contributed by atoms with Crippen LogP contribution in [0.3, 0.4) is 0 Å². The fraction of sp³-hybridized carbons (Fsp3) is 0.500. The first kappa shape index (κ1) is 26.5. The molecule has 0 saturated heterocycles. The maximum absolute atomic E-state index is 14.6. The average Bonchev–Trinajstić information content (AvgIpc) is 3.24. The molecule has 0 aromatic heterocycles. The number of ether oxygens (including phenoxy) is 2. The minimum Gasteiger partial charge on any atom is -0.496 e. The smallest absolute Gasteiger partial charge is 0.283 e. The Kier molecular flexibility index (Phi) is 8.59. The van der Waals surface area contributed by atoms with Gasteiger partial charge >= 0.3 is 0 Å². The zero-order chi connectivity index (χ0) is 25.7. The molecule has 0 fully saturated rings. The minimum atomic E-state index is -3.23. The number of alkyl halides is 3. The van der Waals surface area contributed by atoms with E-state index in [0.717, 1.165) is 11.1 Å². The van der Waals surface area contributed by atoms with Gasteiger partial charge in [-0.3, -0.25) is 9.29 Å². The Morgan fingerprint density at radius 1 is 1.17 bits per heavy atom. The summed E-state index contributed by atoms with van der Waals surface area (Å²) in [5.74, 6) is -2.02. The number of benzene rings is 2. The van der Waals surface area contributed by atoms with Gasteiger partial charge in [-0.25, -0.2) is 8.78 Å². The number of rotatable bonds is 12. The molecule has 2 aromatic carbocycles. The second-order valence-electron chi connectivity index (χ2n) is 9.52. The van der Waals surface area contributed by atoms with Gasteiger partial charge in [0, 0.05) is 18.2 Å². The molecule has 196 valence electrons. The van der Waals surface area contributed by atoms with Gasteiger partial charge in [-0.1, -0.05) is 24.3 Å². The standard InChI is InChI=1S/C28H35F3N2O3/c1-19-14-23-22-7-4-3-6-20(22)15-24(23)27(33(19)17-28(30,31)18-34)25-16-21(8-9-26(25)35-2)36-13-12-32-11-5-10-29/h3-4,6-9,16,19,27,32,34H,5,10-15,17-18H2,1-2H3/t19-,27+/m1/s1. The van der Waals surface area contributed by atoms with Crippen LogP contribution in [0.2, 0.25) is 0 Å². The van der Waals surface area contributed by atoms with Crippen LogP contribution in [0.25, 0.3) is 5.57 Å². The van der Waals surface area contributed by atoms with E-state index in [2.05, 4.69) is 17.4 Å². The van der Waals surface area contributed by atoms with Crippen LogP contribution >= 0.6 is 0 Å². The van der Waals surface area contributed by atoms with Gasteiger partial charge in [-0.2, -0.15) is 0 Å². The number of aliphatic hydroxyl groups is 1. The van der Waals surface area contributed by atoms with Crippen LogP contribution in [0.1, 0.15) is 42.5 Å². The summed E-state index contributed by atoms with van der Waals surface area (Å²) < 4.78 is 53.0. The molecule has 2 N–H and O–H groups in total. The van der Waals surface area contributed by atoms with Crippen LogP contribution in [0.15, 0.2) is 48.0 Å². The summed E-state index contributed by atoms with van der Waals surface area (Å²) >= 11 is 0. The van der Waals surface area contributed by atoms with Crippen molar-refractivity contribution < 1.29 is 27.8 Å². The number of methoxy groups -OCH3 is 1. The zero-order valence-electron chi connectivity index (χ0n) is 20.9. The van der Waals surface area contributed by atoms with E-state index in [1.807, 2.05) is 37.3 Å². The quantitative estimate of drug-likeness (QED) is 0.407. The Labute approximate surface area is 210 Å². The van der Waals surface area contributed by atoms with E-state index < -0.39 is 25.1 Å². The molecule has 0 radical (unpaired) electrons. The van der Waals surface area contributed by atoms with Gasteiger partial charge in [-0.15, -0.1) is 0 Å². The molecule has 2 aliphatic rings. The fourth-order valence-corrected chi connectivity index (χ4v) is 5.33. The predicted molar refractivity (Wildman–Crippen MR) is 135 cm³/mol. The Balaban J connectivity index is 1.69. The molecule has 2 atom stereocenters. The lowest BCUT2D eigenvalue weighted by Crippen LogP contribution is -2.48. The molecule has 1 aliphatic carbocycles. The highest BCUT2D eigenvalue weighted by Crippen LogP contribution is 2.51. The van der Waals surface area contributed by atoms with E-state index in [-0.39, 0.29) is 12.7 Å². The van der Waals surface area contributed by atoms with Crippen LogP contribution in [0.5, 0.6) is 11.5 Å². The van der Waals surface area contributed by atoms with Gasteiger partial charge < -0.3 is 19.9 Å². The van der Waals surface area contributed by atoms with E-state index in [9.17, 15) is 18.3 Å². The maximum Gasteiger partial charge on any atom is 0.283 e. The summed E-state index contributed by atoms with van der Waals surface area (Å²) in [5, 5.41) is 12.5. The van der Waals surface area contributed by atoms with Crippen molar-refractivity contribution >= 4 is 5.57 Å². The van der Waals surface area contributed by atoms with Gasteiger partial charge in [0.05, 0.1) is 26.4 Å². The maximum atomic E-state index is 14.6. The third kappa shape index (κ3) is 5.71. The molecule has 1 heterocycles. The van der Waals surface area contributed by atoms with E-state index in [0.29, 0.717) is 50.5 Å². The normalized spacial score (nSPS) is 19.8. The highest BCUT2D eigenvalue weighted by molar-refractivity contribution is 5.79. The number of halogens is 3. The van der Waals surface area contributed by atoms with Crippen molar-refractivity contribution in [2.24, 2.45) is 0 Å². The van der Waals surface area contributed by atoms with Crippen LogP contribution in [0.4, 0.5) is 13.2 Å². The summed E-state index contributed by atoms with van der Waals surface area (Å²) in [5.41, 5.74) is 5.44. The van der Waals surface area contributed by atoms with E-state index in [1.54, 1.807) is 12.0 Å². The highest BCUT2D eigenvalue weighted by Gasteiger charge is 2.44. The number of hydrogen-bond acceptors (Lipinski definition) is 5. The molecular weight excluding hydrogens is 469 g/mol. The predicted octanol–water partition coefficient (Wildman–Crippen LogP) is 4.80. The SMILES string of the molecule is COc1ccc(OCCNCCCF)cc1[C@@H]1C2=C(C[C@@H](C)N1CC(F)(F)CO)c1ccccc1C2. The molecular formula is C28H35F3N2O3. The molecule has 5 nitrogen and oxygen atoms in total. The molecule has 0 amide bonds. The number of nitrogens with zero attached hydrogens (tertiary/aromatic N) is 1. The Bertz CT molecular complexity index is 1080. The van der Waals surface area contributed by atoms with Crippen LogP contribution < -0.4 is 14.8 Å². The highest BCUT2D eigenvalue weighted by atomic mass is 19.3. The third-order valence-electron chi connectivity index (χ3n) is 7.01. The van der Waals surface area contributed by atoms with Gasteiger partial charge in [0.15, 0.2) is 0 Å². The minimum absolute atomic E-state index is 0.175. The first-order valence-corrected chi connectivity index (χ1v) is 12.5.